The fraction of sp³-hybridized carbons (Fsp3) is 0.355. The Morgan fingerprint density at radius 1 is 0.750 bits per heavy atom. The Bertz CT molecular complexity index is 1330. The number of hydrogen-bond donors (Lipinski definition) is 2. The quantitative estimate of drug-likeness (QED) is 0.0653. The van der Waals surface area contributed by atoms with E-state index in [0.29, 0.717) is 0 Å². The van der Waals surface area contributed by atoms with E-state index in [-0.39, 0.29) is 24.3 Å². The molecule has 3 aromatic rings. The highest BCUT2D eigenvalue weighted by Gasteiger charge is 2.37. The molecule has 3 aromatic carbocycles. The second-order valence-electron chi connectivity index (χ2n) is 10.4. The van der Waals surface area contributed by atoms with Crippen molar-refractivity contribution in [1.29, 1.82) is 0 Å². The van der Waals surface area contributed by atoms with E-state index >= 15 is 0 Å². The lowest BCUT2D eigenvalue weighted by molar-refractivity contribution is -0.384. The van der Waals surface area contributed by atoms with Gasteiger partial charge in [0.2, 0.25) is 0 Å². The molecule has 0 amide bonds. The Hall–Kier alpha value is -4.09. The zero-order chi connectivity index (χ0) is 32.1. The normalized spacial score (nSPS) is 12.9. The zero-order valence-electron chi connectivity index (χ0n) is 25.1. The van der Waals surface area contributed by atoms with Gasteiger partial charge >= 0.3 is 19.6 Å². The Morgan fingerprint density at radius 2 is 1.18 bits per heavy atom. The van der Waals surface area contributed by atoms with Crippen LogP contribution in [0.5, 0.6) is 5.75 Å². The molecule has 12 nitrogen and oxygen atoms in total. The highest BCUT2D eigenvalue weighted by Crippen LogP contribution is 2.40. The number of nitro groups is 1. The molecule has 0 bridgehead atoms. The van der Waals surface area contributed by atoms with Gasteiger partial charge in [0.1, 0.15) is 17.8 Å². The first kappa shape index (κ1) is 34.4. The van der Waals surface area contributed by atoms with E-state index in [1.54, 1.807) is 27.7 Å². The van der Waals surface area contributed by atoms with Crippen LogP contribution in [0.3, 0.4) is 0 Å². The van der Waals surface area contributed by atoms with Crippen LogP contribution in [0.4, 0.5) is 5.69 Å². The molecule has 13 heteroatoms. The van der Waals surface area contributed by atoms with Gasteiger partial charge in [-0.1, -0.05) is 60.7 Å². The van der Waals surface area contributed by atoms with Crippen molar-refractivity contribution < 1.29 is 37.8 Å². The van der Waals surface area contributed by atoms with Crippen molar-refractivity contribution >= 4 is 25.3 Å². The smallest absolute Gasteiger partial charge is 0.345 e. The molecule has 0 fully saturated rings. The SMILES string of the molecule is CC(C)OC(=O)[C@H](Cc1ccccc1)NP(=O)(N[C@@H](Cc1ccccc1)C(=O)OC(C)C)OCOc1ccc([N+](=O)[O-])cc1. The topological polar surface area (TPSA) is 155 Å². The Balaban J connectivity index is 1.92. The van der Waals surface area contributed by atoms with Gasteiger partial charge in [0, 0.05) is 12.1 Å². The number of hydrogen-bond acceptors (Lipinski definition) is 9. The second-order valence-corrected chi connectivity index (χ2v) is 12.3. The summed E-state index contributed by atoms with van der Waals surface area (Å²) >= 11 is 0. The molecule has 0 unspecified atom stereocenters. The molecule has 236 valence electrons. The number of non-ortho nitro benzene ring substituents is 1. The molecule has 0 saturated carbocycles. The number of nitro benzene ring substituents is 1. The molecule has 0 saturated heterocycles. The third-order valence-electron chi connectivity index (χ3n) is 6.00. The molecular formula is C31H38N3O9P. The molecule has 3 rings (SSSR count). The Morgan fingerprint density at radius 3 is 1.57 bits per heavy atom. The molecule has 0 radical (unpaired) electrons. The van der Waals surface area contributed by atoms with E-state index < -0.39 is 55.6 Å². The van der Waals surface area contributed by atoms with Gasteiger partial charge in [0.25, 0.3) is 5.69 Å². The lowest BCUT2D eigenvalue weighted by Crippen LogP contribution is -2.47. The van der Waals surface area contributed by atoms with Gasteiger partial charge in [-0.3, -0.25) is 28.8 Å². The number of ether oxygens (including phenoxy) is 3. The minimum absolute atomic E-state index is 0.102. The summed E-state index contributed by atoms with van der Waals surface area (Å²) in [6, 6.07) is 21.1. The van der Waals surface area contributed by atoms with Gasteiger partial charge in [-0.15, -0.1) is 0 Å². The summed E-state index contributed by atoms with van der Waals surface area (Å²) in [5.41, 5.74) is 1.39. The maximum Gasteiger partial charge on any atom is 0.345 e. The minimum atomic E-state index is -4.30. The van der Waals surface area contributed by atoms with Crippen LogP contribution in [0.25, 0.3) is 0 Å². The van der Waals surface area contributed by atoms with Crippen molar-refractivity contribution in [1.82, 2.24) is 10.2 Å². The van der Waals surface area contributed by atoms with Crippen LogP contribution in [0.2, 0.25) is 0 Å². The molecular weight excluding hydrogens is 589 g/mol. The van der Waals surface area contributed by atoms with Crippen molar-refractivity contribution in [2.45, 2.75) is 64.8 Å². The summed E-state index contributed by atoms with van der Waals surface area (Å²) in [5, 5.41) is 16.6. The number of benzene rings is 3. The van der Waals surface area contributed by atoms with Crippen LogP contribution < -0.4 is 14.9 Å². The van der Waals surface area contributed by atoms with E-state index in [4.69, 9.17) is 18.7 Å². The number of rotatable bonds is 17. The molecule has 0 aliphatic heterocycles. The molecule has 0 spiro atoms. The summed E-state index contributed by atoms with van der Waals surface area (Å²) in [5.74, 6) is -1.13. The first-order valence-corrected chi connectivity index (χ1v) is 15.7. The highest BCUT2D eigenvalue weighted by atomic mass is 31.2. The van der Waals surface area contributed by atoms with Crippen molar-refractivity contribution in [2.75, 3.05) is 6.79 Å². The summed E-state index contributed by atoms with van der Waals surface area (Å²) in [7, 11) is -4.30. The molecule has 0 aliphatic carbocycles. The lowest BCUT2D eigenvalue weighted by Gasteiger charge is -2.29. The lowest BCUT2D eigenvalue weighted by atomic mass is 10.1. The molecule has 2 atom stereocenters. The van der Waals surface area contributed by atoms with E-state index in [9.17, 15) is 24.3 Å². The maximum absolute atomic E-state index is 14.5. The zero-order valence-corrected chi connectivity index (χ0v) is 26.0. The number of carbonyl (C=O) groups is 2. The summed E-state index contributed by atoms with van der Waals surface area (Å²) in [4.78, 5) is 36.8. The third-order valence-corrected chi connectivity index (χ3v) is 7.77. The molecule has 0 aromatic heterocycles. The monoisotopic (exact) mass is 627 g/mol. The first-order valence-electron chi connectivity index (χ1n) is 14.1. The average Bonchev–Trinajstić information content (AvgIpc) is 2.97. The number of esters is 2. The van der Waals surface area contributed by atoms with E-state index in [1.807, 2.05) is 60.7 Å². The minimum Gasteiger partial charge on any atom is -0.467 e. The number of carbonyl (C=O) groups excluding carboxylic acids is 2. The van der Waals surface area contributed by atoms with Crippen molar-refractivity contribution in [3.05, 3.63) is 106 Å². The van der Waals surface area contributed by atoms with Gasteiger partial charge in [0.05, 0.1) is 17.1 Å². The number of nitrogens with zero attached hydrogens (tertiary/aromatic N) is 1. The molecule has 0 aliphatic rings. The van der Waals surface area contributed by atoms with Crippen LogP contribution in [0.1, 0.15) is 38.8 Å². The standard InChI is InChI=1S/C31H38N3O9P/c1-22(2)42-30(35)28(19-24-11-7-5-8-12-24)32-44(39,41-21-40-27-17-15-26(16-18-27)34(37)38)33-29(31(36)43-23(3)4)20-25-13-9-6-10-14-25/h5-18,22-23,28-29H,19-21H2,1-4H3,(H2,32,33,39)/t28-,29-/m0/s1. The van der Waals surface area contributed by atoms with Crippen molar-refractivity contribution in [3.63, 3.8) is 0 Å². The Kier molecular flexibility index (Phi) is 13.0. The van der Waals surface area contributed by atoms with Gasteiger partial charge in [0.15, 0.2) is 6.79 Å². The van der Waals surface area contributed by atoms with Crippen molar-refractivity contribution in [2.24, 2.45) is 0 Å². The molecule has 2 N–H and O–H groups in total. The van der Waals surface area contributed by atoms with Gasteiger partial charge in [-0.05, 0) is 63.8 Å². The van der Waals surface area contributed by atoms with Crippen LogP contribution in [0, 0.1) is 10.1 Å². The average molecular weight is 628 g/mol. The fourth-order valence-corrected chi connectivity index (χ4v) is 5.69. The third kappa shape index (κ3) is 11.5. The van der Waals surface area contributed by atoms with E-state index in [1.165, 1.54) is 24.3 Å². The second kappa shape index (κ2) is 16.7. The van der Waals surface area contributed by atoms with Crippen LogP contribution in [-0.2, 0) is 41.0 Å². The van der Waals surface area contributed by atoms with Gasteiger partial charge < -0.3 is 14.2 Å². The van der Waals surface area contributed by atoms with Crippen LogP contribution >= 0.6 is 7.67 Å². The summed E-state index contributed by atoms with van der Waals surface area (Å²) in [6.07, 6.45) is -0.698. The summed E-state index contributed by atoms with van der Waals surface area (Å²) in [6.45, 7) is 6.19. The van der Waals surface area contributed by atoms with Crippen LogP contribution in [0.15, 0.2) is 84.9 Å². The van der Waals surface area contributed by atoms with E-state index in [2.05, 4.69) is 10.2 Å². The molecule has 44 heavy (non-hydrogen) atoms. The first-order chi connectivity index (χ1) is 20.9. The number of nitrogens with one attached hydrogen (secondary N) is 2. The van der Waals surface area contributed by atoms with Gasteiger partial charge in [-0.2, -0.15) is 0 Å². The van der Waals surface area contributed by atoms with Crippen molar-refractivity contribution in [3.8, 4) is 5.75 Å². The Labute approximate surface area is 256 Å². The fourth-order valence-electron chi connectivity index (χ4n) is 4.05. The van der Waals surface area contributed by atoms with Gasteiger partial charge in [-0.25, -0.2) is 10.2 Å². The van der Waals surface area contributed by atoms with E-state index in [0.717, 1.165) is 11.1 Å². The van der Waals surface area contributed by atoms with Crippen LogP contribution in [-0.4, -0.2) is 47.9 Å². The predicted molar refractivity (Wildman–Crippen MR) is 164 cm³/mol. The maximum atomic E-state index is 14.5. The predicted octanol–water partition coefficient (Wildman–Crippen LogP) is 5.36. The highest BCUT2D eigenvalue weighted by molar-refractivity contribution is 7.54. The molecule has 0 heterocycles. The largest absolute Gasteiger partial charge is 0.467 e. The summed E-state index contributed by atoms with van der Waals surface area (Å²) < 4.78 is 36.7.